The second-order valence-electron chi connectivity index (χ2n) is 7.74. The second kappa shape index (κ2) is 6.78. The molecule has 2 aliphatic heterocycles. The molecule has 1 spiro atoms. The van der Waals surface area contributed by atoms with E-state index in [9.17, 15) is 14.4 Å². The Hall–Kier alpha value is -3.15. The molecular weight excluding hydrogens is 354 g/mol. The lowest BCUT2D eigenvalue weighted by atomic mass is 9.99. The molecule has 2 saturated heterocycles. The number of hydrogen-bond acceptors (Lipinski definition) is 3. The minimum Gasteiger partial charge on any atom is -0.336 e. The van der Waals surface area contributed by atoms with Crippen LogP contribution in [0.1, 0.15) is 33.5 Å². The molecule has 6 nitrogen and oxygen atoms in total. The van der Waals surface area contributed by atoms with E-state index in [4.69, 9.17) is 0 Å². The van der Waals surface area contributed by atoms with E-state index in [1.807, 2.05) is 50.2 Å². The van der Waals surface area contributed by atoms with E-state index in [0.717, 1.165) is 16.7 Å². The van der Waals surface area contributed by atoms with Gasteiger partial charge in [0.2, 0.25) is 0 Å². The molecule has 2 aromatic rings. The zero-order valence-corrected chi connectivity index (χ0v) is 16.1. The molecule has 2 fully saturated rings. The van der Waals surface area contributed by atoms with Crippen LogP contribution in [0.4, 0.5) is 4.79 Å². The van der Waals surface area contributed by atoms with E-state index < -0.39 is 11.6 Å². The van der Waals surface area contributed by atoms with Gasteiger partial charge in [-0.3, -0.25) is 14.5 Å². The van der Waals surface area contributed by atoms with Crippen molar-refractivity contribution in [2.24, 2.45) is 0 Å². The number of aryl methyl sites for hydroxylation is 2. The smallest absolute Gasteiger partial charge is 0.325 e. The molecule has 144 valence electrons. The van der Waals surface area contributed by atoms with Gasteiger partial charge in [0.15, 0.2) is 0 Å². The summed E-state index contributed by atoms with van der Waals surface area (Å²) in [6.07, 6.45) is 0.430. The fourth-order valence-electron chi connectivity index (χ4n) is 3.95. The molecule has 6 heteroatoms. The van der Waals surface area contributed by atoms with Crippen LogP contribution >= 0.6 is 0 Å². The number of nitrogens with zero attached hydrogens (tertiary/aromatic N) is 2. The van der Waals surface area contributed by atoms with Gasteiger partial charge in [-0.2, -0.15) is 0 Å². The maximum Gasteiger partial charge on any atom is 0.325 e. The number of likely N-dealkylation sites (tertiary alicyclic amines) is 1. The number of carbonyl (C=O) groups excluding carboxylic acids is 3. The number of benzene rings is 2. The third-order valence-corrected chi connectivity index (χ3v) is 5.52. The topological polar surface area (TPSA) is 69.7 Å². The number of imide groups is 1. The summed E-state index contributed by atoms with van der Waals surface area (Å²) in [5, 5.41) is 2.85. The normalized spacial score (nSPS) is 21.5. The van der Waals surface area contributed by atoms with Crippen LogP contribution in [0, 0.1) is 13.8 Å². The predicted octanol–water partition coefficient (Wildman–Crippen LogP) is 2.64. The molecule has 4 amide bonds. The first-order chi connectivity index (χ1) is 13.4. The number of hydrogen-bond donors (Lipinski definition) is 1. The lowest BCUT2D eigenvalue weighted by Crippen LogP contribution is -2.49. The Morgan fingerprint density at radius 1 is 1.07 bits per heavy atom. The van der Waals surface area contributed by atoms with Gasteiger partial charge in [-0.25, -0.2) is 4.79 Å². The molecule has 2 aromatic carbocycles. The summed E-state index contributed by atoms with van der Waals surface area (Å²) < 4.78 is 0. The van der Waals surface area contributed by atoms with Crippen molar-refractivity contribution in [1.29, 1.82) is 0 Å². The van der Waals surface area contributed by atoms with Crippen molar-refractivity contribution in [2.75, 3.05) is 13.1 Å². The van der Waals surface area contributed by atoms with E-state index in [0.29, 0.717) is 18.5 Å². The Bertz CT molecular complexity index is 954. The molecule has 0 aliphatic carbocycles. The van der Waals surface area contributed by atoms with E-state index in [1.165, 1.54) is 4.90 Å². The van der Waals surface area contributed by atoms with E-state index in [1.54, 1.807) is 17.0 Å². The van der Waals surface area contributed by atoms with Crippen LogP contribution in [0.25, 0.3) is 0 Å². The zero-order valence-electron chi connectivity index (χ0n) is 16.1. The third-order valence-electron chi connectivity index (χ3n) is 5.52. The third kappa shape index (κ3) is 3.15. The first-order valence-electron chi connectivity index (χ1n) is 9.44. The first-order valence-corrected chi connectivity index (χ1v) is 9.44. The second-order valence-corrected chi connectivity index (χ2v) is 7.74. The Morgan fingerprint density at radius 2 is 1.82 bits per heavy atom. The minimum absolute atomic E-state index is 0.115. The summed E-state index contributed by atoms with van der Waals surface area (Å²) in [4.78, 5) is 41.3. The van der Waals surface area contributed by atoms with Crippen LogP contribution in [0.3, 0.4) is 0 Å². The number of carbonyl (C=O) groups is 3. The Labute approximate surface area is 164 Å². The van der Waals surface area contributed by atoms with Crippen LogP contribution in [0.15, 0.2) is 48.5 Å². The summed E-state index contributed by atoms with van der Waals surface area (Å²) in [6.45, 7) is 4.82. The minimum atomic E-state index is -1.01. The molecule has 1 unspecified atom stereocenters. The summed E-state index contributed by atoms with van der Waals surface area (Å²) in [5.41, 5.74) is 2.65. The number of rotatable bonds is 3. The summed E-state index contributed by atoms with van der Waals surface area (Å²) >= 11 is 0. The van der Waals surface area contributed by atoms with Crippen molar-refractivity contribution in [3.8, 4) is 0 Å². The lowest BCUT2D eigenvalue weighted by Gasteiger charge is -2.22. The number of nitrogens with one attached hydrogen (secondary N) is 1. The van der Waals surface area contributed by atoms with Crippen molar-refractivity contribution in [3.63, 3.8) is 0 Å². The van der Waals surface area contributed by atoms with E-state index >= 15 is 0 Å². The average molecular weight is 377 g/mol. The Balaban J connectivity index is 1.50. The van der Waals surface area contributed by atoms with Crippen LogP contribution in [0.5, 0.6) is 0 Å². The van der Waals surface area contributed by atoms with Gasteiger partial charge in [0, 0.05) is 12.1 Å². The fourth-order valence-corrected chi connectivity index (χ4v) is 3.95. The molecule has 0 saturated carbocycles. The molecule has 28 heavy (non-hydrogen) atoms. The van der Waals surface area contributed by atoms with Gasteiger partial charge in [0.25, 0.3) is 11.8 Å². The summed E-state index contributed by atoms with van der Waals surface area (Å²) in [5.74, 6) is -0.366. The molecule has 0 aromatic heterocycles. The van der Waals surface area contributed by atoms with Gasteiger partial charge < -0.3 is 10.2 Å². The quantitative estimate of drug-likeness (QED) is 0.836. The monoisotopic (exact) mass is 377 g/mol. The largest absolute Gasteiger partial charge is 0.336 e. The van der Waals surface area contributed by atoms with Gasteiger partial charge in [-0.05, 0) is 38.0 Å². The first kappa shape index (κ1) is 18.2. The maximum atomic E-state index is 13.1. The highest BCUT2D eigenvalue weighted by molar-refractivity contribution is 6.08. The van der Waals surface area contributed by atoms with Crippen LogP contribution < -0.4 is 5.32 Å². The van der Waals surface area contributed by atoms with Crippen molar-refractivity contribution in [2.45, 2.75) is 32.4 Å². The standard InChI is InChI=1S/C22H23N3O3/c1-15-6-8-18(9-7-15)19(26)24-11-10-22(14-24)20(27)25(21(28)23-22)13-17-5-3-4-16(2)12-17/h3-9,12H,10-11,13-14H2,1-2H3,(H,23,28). The van der Waals surface area contributed by atoms with E-state index in [-0.39, 0.29) is 24.9 Å². The highest BCUT2D eigenvalue weighted by atomic mass is 16.2. The lowest BCUT2D eigenvalue weighted by molar-refractivity contribution is -0.131. The maximum absolute atomic E-state index is 13.1. The Kier molecular flexibility index (Phi) is 4.41. The zero-order chi connectivity index (χ0) is 19.9. The fraction of sp³-hybridized carbons (Fsp3) is 0.318. The van der Waals surface area contributed by atoms with Crippen LogP contribution in [-0.4, -0.2) is 46.3 Å². The van der Waals surface area contributed by atoms with Gasteiger partial charge in [0.1, 0.15) is 5.54 Å². The Morgan fingerprint density at radius 3 is 2.54 bits per heavy atom. The highest BCUT2D eigenvalue weighted by Crippen LogP contribution is 2.30. The highest BCUT2D eigenvalue weighted by Gasteiger charge is 2.55. The SMILES string of the molecule is Cc1ccc(C(=O)N2CCC3(C2)NC(=O)N(Cc2cccc(C)c2)C3=O)cc1. The van der Waals surface area contributed by atoms with Crippen LogP contribution in [-0.2, 0) is 11.3 Å². The van der Waals surface area contributed by atoms with Crippen LogP contribution in [0.2, 0.25) is 0 Å². The van der Waals surface area contributed by atoms with Crippen molar-refractivity contribution < 1.29 is 14.4 Å². The van der Waals surface area contributed by atoms with Gasteiger partial charge >= 0.3 is 6.03 Å². The van der Waals surface area contributed by atoms with Gasteiger partial charge in [-0.1, -0.05) is 47.5 Å². The van der Waals surface area contributed by atoms with Crippen molar-refractivity contribution in [3.05, 3.63) is 70.8 Å². The summed E-state index contributed by atoms with van der Waals surface area (Å²) in [7, 11) is 0. The molecular formula is C22H23N3O3. The molecule has 2 heterocycles. The molecule has 1 N–H and O–H groups in total. The number of amides is 4. The molecule has 2 aliphatic rings. The van der Waals surface area contributed by atoms with Gasteiger partial charge in [0.05, 0.1) is 13.1 Å². The summed E-state index contributed by atoms with van der Waals surface area (Å²) in [6, 6.07) is 14.7. The molecule has 1 atom stereocenters. The molecule has 0 radical (unpaired) electrons. The van der Waals surface area contributed by atoms with E-state index in [2.05, 4.69) is 5.32 Å². The van der Waals surface area contributed by atoms with Gasteiger partial charge in [-0.15, -0.1) is 0 Å². The van der Waals surface area contributed by atoms with Crippen molar-refractivity contribution in [1.82, 2.24) is 15.1 Å². The predicted molar refractivity (Wildman–Crippen MR) is 105 cm³/mol. The number of urea groups is 1. The average Bonchev–Trinajstić information content (AvgIpc) is 3.19. The molecule has 4 rings (SSSR count). The molecule has 0 bridgehead atoms. The van der Waals surface area contributed by atoms with Crippen molar-refractivity contribution >= 4 is 17.8 Å².